The van der Waals surface area contributed by atoms with E-state index in [9.17, 15) is 18.0 Å². The van der Waals surface area contributed by atoms with Crippen molar-refractivity contribution in [1.29, 1.82) is 0 Å². The van der Waals surface area contributed by atoms with Crippen LogP contribution in [0.5, 0.6) is 0 Å². The molecule has 0 spiro atoms. The first-order valence-corrected chi connectivity index (χ1v) is 8.87. The minimum atomic E-state index is -4.39. The van der Waals surface area contributed by atoms with Crippen LogP contribution in [-0.2, 0) is 15.8 Å². The van der Waals surface area contributed by atoms with E-state index in [1.54, 1.807) is 5.06 Å². The summed E-state index contributed by atoms with van der Waals surface area (Å²) in [5, 5.41) is 4.81. The number of hydrogen-bond donors (Lipinski definition) is 1. The lowest BCUT2D eigenvalue weighted by Crippen LogP contribution is -2.48. The molecule has 0 radical (unpaired) electrons. The molecule has 2 saturated heterocycles. The highest BCUT2D eigenvalue weighted by Crippen LogP contribution is 2.29. The van der Waals surface area contributed by atoms with Gasteiger partial charge in [-0.3, -0.25) is 9.63 Å². The van der Waals surface area contributed by atoms with Crippen molar-refractivity contribution in [3.63, 3.8) is 0 Å². The first kappa shape index (κ1) is 18.9. The second-order valence-electron chi connectivity index (χ2n) is 6.62. The Labute approximate surface area is 150 Å². The lowest BCUT2D eigenvalue weighted by molar-refractivity contribution is -0.137. The molecular weight excluding hydrogens is 349 g/mol. The summed E-state index contributed by atoms with van der Waals surface area (Å²) in [5.41, 5.74) is -0.757. The molecule has 2 fully saturated rings. The molecule has 1 N–H and O–H groups in total. The predicted molar refractivity (Wildman–Crippen MR) is 89.4 cm³/mol. The number of carbonyl (C=O) groups is 1. The fourth-order valence-electron chi connectivity index (χ4n) is 3.25. The summed E-state index contributed by atoms with van der Waals surface area (Å²) in [5.74, 6) is 0.468. The number of piperidine rings is 1. The zero-order valence-corrected chi connectivity index (χ0v) is 14.5. The average molecular weight is 372 g/mol. The maximum atomic E-state index is 12.6. The summed E-state index contributed by atoms with van der Waals surface area (Å²) >= 11 is 0. The minimum Gasteiger partial charge on any atom is -0.355 e. The number of carbonyl (C=O) groups excluding carboxylic acids is 1. The molecule has 0 saturated carbocycles. The van der Waals surface area contributed by atoms with Crippen LogP contribution in [0.2, 0.25) is 0 Å². The van der Waals surface area contributed by atoms with Gasteiger partial charge in [0.25, 0.3) is 0 Å². The van der Waals surface area contributed by atoms with Gasteiger partial charge in [0, 0.05) is 44.8 Å². The first-order chi connectivity index (χ1) is 12.4. The van der Waals surface area contributed by atoms with Gasteiger partial charge in [0.15, 0.2) is 0 Å². The number of nitrogens with zero attached hydrogens (tertiary/aromatic N) is 3. The lowest BCUT2D eigenvalue weighted by Gasteiger charge is -2.34. The van der Waals surface area contributed by atoms with Crippen LogP contribution in [0.3, 0.4) is 0 Å². The van der Waals surface area contributed by atoms with E-state index in [0.717, 1.165) is 38.1 Å². The van der Waals surface area contributed by atoms with E-state index >= 15 is 0 Å². The van der Waals surface area contributed by atoms with Gasteiger partial charge in [-0.1, -0.05) is 0 Å². The topological polar surface area (TPSA) is 57.7 Å². The third kappa shape index (κ3) is 5.07. The van der Waals surface area contributed by atoms with E-state index in [2.05, 4.69) is 10.3 Å². The summed E-state index contributed by atoms with van der Waals surface area (Å²) < 4.78 is 37.9. The highest BCUT2D eigenvalue weighted by atomic mass is 19.4. The van der Waals surface area contributed by atoms with Gasteiger partial charge < -0.3 is 10.2 Å². The molecule has 144 valence electrons. The van der Waals surface area contributed by atoms with Crippen molar-refractivity contribution in [2.45, 2.75) is 37.9 Å². The second kappa shape index (κ2) is 8.22. The van der Waals surface area contributed by atoms with Crippen LogP contribution in [0.15, 0.2) is 18.3 Å². The molecule has 0 aliphatic carbocycles. The van der Waals surface area contributed by atoms with Crippen LogP contribution in [0.25, 0.3) is 0 Å². The van der Waals surface area contributed by atoms with Gasteiger partial charge in [-0.25, -0.2) is 4.98 Å². The molecule has 1 aromatic heterocycles. The van der Waals surface area contributed by atoms with Gasteiger partial charge in [-0.2, -0.15) is 18.2 Å². The normalized spacial score (nSPS) is 21.8. The van der Waals surface area contributed by atoms with E-state index in [1.807, 2.05) is 4.90 Å². The number of alkyl halides is 3. The fraction of sp³-hybridized carbons (Fsp3) is 0.647. The molecule has 0 aromatic carbocycles. The van der Waals surface area contributed by atoms with Crippen molar-refractivity contribution in [2.75, 3.05) is 37.7 Å². The Morgan fingerprint density at radius 3 is 2.81 bits per heavy atom. The van der Waals surface area contributed by atoms with Crippen molar-refractivity contribution in [1.82, 2.24) is 15.4 Å². The fourth-order valence-corrected chi connectivity index (χ4v) is 3.25. The van der Waals surface area contributed by atoms with Crippen molar-refractivity contribution in [3.8, 4) is 0 Å². The van der Waals surface area contributed by atoms with Crippen LogP contribution in [0.1, 0.15) is 31.2 Å². The monoisotopic (exact) mass is 372 g/mol. The predicted octanol–water partition coefficient (Wildman–Crippen LogP) is 2.21. The Morgan fingerprint density at radius 2 is 2.15 bits per heavy atom. The second-order valence-corrected chi connectivity index (χ2v) is 6.62. The maximum Gasteiger partial charge on any atom is 0.417 e. The number of halogens is 3. The number of aromatic nitrogens is 1. The van der Waals surface area contributed by atoms with Crippen LogP contribution >= 0.6 is 0 Å². The van der Waals surface area contributed by atoms with Crippen LogP contribution in [-0.4, -0.2) is 54.8 Å². The molecular formula is C17H23F3N4O2. The molecule has 0 bridgehead atoms. The molecule has 2 aliphatic heterocycles. The molecule has 9 heteroatoms. The lowest BCUT2D eigenvalue weighted by atomic mass is 10.1. The Morgan fingerprint density at radius 1 is 1.31 bits per heavy atom. The molecule has 0 unspecified atom stereocenters. The number of hydroxylamine groups is 2. The average Bonchev–Trinajstić information content (AvgIpc) is 3.13. The molecule has 6 nitrogen and oxygen atoms in total. The molecule has 26 heavy (non-hydrogen) atoms. The van der Waals surface area contributed by atoms with Gasteiger partial charge in [0.05, 0.1) is 12.2 Å². The van der Waals surface area contributed by atoms with Crippen molar-refractivity contribution < 1.29 is 22.8 Å². The van der Waals surface area contributed by atoms with E-state index in [0.29, 0.717) is 38.5 Å². The van der Waals surface area contributed by atoms with Gasteiger partial charge in [-0.15, -0.1) is 0 Å². The SMILES string of the molecule is O=C(CCN1CCCO1)N[C@@H]1CCCN(c2ccc(C(F)(F)F)cn2)C1. The third-order valence-electron chi connectivity index (χ3n) is 4.60. The van der Waals surface area contributed by atoms with E-state index in [-0.39, 0.29) is 11.9 Å². The number of pyridine rings is 1. The quantitative estimate of drug-likeness (QED) is 0.859. The highest BCUT2D eigenvalue weighted by molar-refractivity contribution is 5.76. The number of amides is 1. The minimum absolute atomic E-state index is 0.0279. The van der Waals surface area contributed by atoms with Crippen LogP contribution in [0.4, 0.5) is 19.0 Å². The van der Waals surface area contributed by atoms with E-state index < -0.39 is 11.7 Å². The zero-order chi connectivity index (χ0) is 18.6. The van der Waals surface area contributed by atoms with Gasteiger partial charge in [0.1, 0.15) is 5.82 Å². The van der Waals surface area contributed by atoms with Crippen LogP contribution < -0.4 is 10.2 Å². The van der Waals surface area contributed by atoms with Gasteiger partial charge >= 0.3 is 6.18 Å². The number of nitrogens with one attached hydrogen (secondary N) is 1. The number of rotatable bonds is 5. The summed E-state index contributed by atoms with van der Waals surface area (Å²) in [6.07, 6.45) is -0.475. The molecule has 3 heterocycles. The first-order valence-electron chi connectivity index (χ1n) is 8.87. The van der Waals surface area contributed by atoms with Crippen molar-refractivity contribution in [2.24, 2.45) is 0 Å². The Hall–Kier alpha value is -1.87. The standard InChI is InChI=1S/C17H23F3N4O2/c18-17(19,20)13-4-5-15(21-11-13)23-7-1-3-14(12-23)22-16(25)6-9-24-8-2-10-26-24/h4-5,11,14H,1-3,6-10,12H2,(H,22,25)/t14-/m1/s1. The van der Waals surface area contributed by atoms with E-state index in [1.165, 1.54) is 6.07 Å². The number of hydrogen-bond acceptors (Lipinski definition) is 5. The Kier molecular flexibility index (Phi) is 5.98. The van der Waals surface area contributed by atoms with Crippen molar-refractivity contribution >= 4 is 11.7 Å². The highest BCUT2D eigenvalue weighted by Gasteiger charge is 2.31. The summed E-state index contributed by atoms with van der Waals surface area (Å²) in [7, 11) is 0. The van der Waals surface area contributed by atoms with E-state index in [4.69, 9.17) is 4.84 Å². The number of anilines is 1. The molecule has 2 aliphatic rings. The van der Waals surface area contributed by atoms with Crippen LogP contribution in [0, 0.1) is 0 Å². The Bertz CT molecular complexity index is 603. The molecule has 1 amide bonds. The van der Waals surface area contributed by atoms with Gasteiger partial charge in [-0.05, 0) is 31.4 Å². The molecule has 3 rings (SSSR count). The summed E-state index contributed by atoms with van der Waals surface area (Å²) in [6, 6.07) is 2.40. The third-order valence-corrected chi connectivity index (χ3v) is 4.60. The Balaban J connectivity index is 1.49. The van der Waals surface area contributed by atoms with Crippen molar-refractivity contribution in [3.05, 3.63) is 23.9 Å². The molecule has 1 atom stereocenters. The zero-order valence-electron chi connectivity index (χ0n) is 14.5. The summed E-state index contributed by atoms with van der Waals surface area (Å²) in [4.78, 5) is 23.3. The maximum absolute atomic E-state index is 12.6. The smallest absolute Gasteiger partial charge is 0.355 e. The largest absolute Gasteiger partial charge is 0.417 e. The summed E-state index contributed by atoms with van der Waals surface area (Å²) in [6.45, 7) is 3.39. The van der Waals surface area contributed by atoms with Gasteiger partial charge in [0.2, 0.25) is 5.91 Å². The molecule has 1 aromatic rings.